The van der Waals surface area contributed by atoms with Gasteiger partial charge in [-0.05, 0) is 38.8 Å². The summed E-state index contributed by atoms with van der Waals surface area (Å²) in [5, 5.41) is 0. The predicted octanol–water partition coefficient (Wildman–Crippen LogP) is 3.61. The lowest BCUT2D eigenvalue weighted by atomic mass is 9.90. The maximum absolute atomic E-state index is 2.62. The highest BCUT2D eigenvalue weighted by atomic mass is 15.2. The standard InChI is InChI=1S/C14H21N.H3N/c1-14(2)10-6-7-11-15(14)12-13-8-4-3-5-9-13;/h3-5,8-9H,6-7,10-12H2,1-2H3;1H3. The largest absolute Gasteiger partial charge is 0.344 e. The van der Waals surface area contributed by atoms with Gasteiger partial charge in [0.05, 0.1) is 0 Å². The molecule has 1 aromatic carbocycles. The number of likely N-dealkylation sites (tertiary alicyclic amines) is 1. The highest BCUT2D eigenvalue weighted by molar-refractivity contribution is 5.15. The van der Waals surface area contributed by atoms with Crippen LogP contribution in [0, 0.1) is 0 Å². The van der Waals surface area contributed by atoms with Gasteiger partial charge in [0.15, 0.2) is 0 Å². The molecule has 2 rings (SSSR count). The van der Waals surface area contributed by atoms with Gasteiger partial charge in [0.25, 0.3) is 0 Å². The monoisotopic (exact) mass is 220 g/mol. The first-order chi connectivity index (χ1) is 7.18. The smallest absolute Gasteiger partial charge is 0.0239 e. The van der Waals surface area contributed by atoms with Crippen LogP contribution in [0.1, 0.15) is 38.7 Å². The number of rotatable bonds is 2. The van der Waals surface area contributed by atoms with Crippen LogP contribution in [0.2, 0.25) is 0 Å². The van der Waals surface area contributed by atoms with Crippen molar-refractivity contribution in [3.8, 4) is 0 Å². The van der Waals surface area contributed by atoms with Gasteiger partial charge in [0.2, 0.25) is 0 Å². The third kappa shape index (κ3) is 3.06. The molecule has 1 fully saturated rings. The Hall–Kier alpha value is -0.860. The SMILES string of the molecule is CC1(C)CCCCN1Cc1ccccc1.N. The summed E-state index contributed by atoms with van der Waals surface area (Å²) in [5.74, 6) is 0. The topological polar surface area (TPSA) is 38.2 Å². The molecule has 0 bridgehead atoms. The van der Waals surface area contributed by atoms with Gasteiger partial charge >= 0.3 is 0 Å². The van der Waals surface area contributed by atoms with Crippen LogP contribution < -0.4 is 6.15 Å². The van der Waals surface area contributed by atoms with Crippen LogP contribution in [0.5, 0.6) is 0 Å². The van der Waals surface area contributed by atoms with Gasteiger partial charge in [0.1, 0.15) is 0 Å². The van der Waals surface area contributed by atoms with Gasteiger partial charge in [-0.3, -0.25) is 4.90 Å². The quantitative estimate of drug-likeness (QED) is 0.826. The van der Waals surface area contributed by atoms with E-state index in [2.05, 4.69) is 49.1 Å². The molecule has 0 spiro atoms. The molecular weight excluding hydrogens is 196 g/mol. The molecule has 16 heavy (non-hydrogen) atoms. The number of benzene rings is 1. The molecule has 1 heterocycles. The molecule has 0 atom stereocenters. The van der Waals surface area contributed by atoms with Crippen LogP contribution in [-0.4, -0.2) is 17.0 Å². The average molecular weight is 220 g/mol. The van der Waals surface area contributed by atoms with E-state index in [4.69, 9.17) is 0 Å². The van der Waals surface area contributed by atoms with Crippen molar-refractivity contribution in [2.75, 3.05) is 6.54 Å². The molecule has 0 unspecified atom stereocenters. The second-order valence-electron chi connectivity index (χ2n) is 5.18. The predicted molar refractivity (Wildman–Crippen MR) is 69.8 cm³/mol. The van der Waals surface area contributed by atoms with E-state index >= 15 is 0 Å². The minimum absolute atomic E-state index is 0. The number of piperidine rings is 1. The summed E-state index contributed by atoms with van der Waals surface area (Å²) in [5.41, 5.74) is 1.82. The van der Waals surface area contributed by atoms with E-state index in [0.29, 0.717) is 5.54 Å². The molecule has 1 aromatic rings. The van der Waals surface area contributed by atoms with Crippen molar-refractivity contribution in [2.24, 2.45) is 0 Å². The van der Waals surface area contributed by atoms with Gasteiger partial charge in [-0.25, -0.2) is 0 Å². The van der Waals surface area contributed by atoms with Crippen LogP contribution in [-0.2, 0) is 6.54 Å². The van der Waals surface area contributed by atoms with E-state index in [1.807, 2.05) is 0 Å². The molecular formula is C14H24N2. The molecule has 1 aliphatic heterocycles. The van der Waals surface area contributed by atoms with E-state index in [1.54, 1.807) is 0 Å². The fraction of sp³-hybridized carbons (Fsp3) is 0.571. The minimum Gasteiger partial charge on any atom is -0.344 e. The Balaban J connectivity index is 0.00000128. The molecule has 2 nitrogen and oxygen atoms in total. The Labute approximate surface area is 99.2 Å². The summed E-state index contributed by atoms with van der Waals surface area (Å²) in [6, 6.07) is 10.8. The fourth-order valence-electron chi connectivity index (χ4n) is 2.42. The van der Waals surface area contributed by atoms with Gasteiger partial charge in [0, 0.05) is 12.1 Å². The summed E-state index contributed by atoms with van der Waals surface area (Å²) in [6.07, 6.45) is 4.08. The zero-order chi connectivity index (χ0) is 10.7. The minimum atomic E-state index is 0. The Bertz CT molecular complexity index is 306. The zero-order valence-corrected chi connectivity index (χ0v) is 10.6. The van der Waals surface area contributed by atoms with Crippen molar-refractivity contribution in [1.29, 1.82) is 0 Å². The van der Waals surface area contributed by atoms with Gasteiger partial charge in [-0.15, -0.1) is 0 Å². The first-order valence-corrected chi connectivity index (χ1v) is 5.97. The first-order valence-electron chi connectivity index (χ1n) is 5.97. The molecule has 0 aromatic heterocycles. The van der Waals surface area contributed by atoms with Crippen molar-refractivity contribution in [1.82, 2.24) is 11.1 Å². The number of nitrogens with zero attached hydrogens (tertiary/aromatic N) is 1. The van der Waals surface area contributed by atoms with Crippen molar-refractivity contribution in [2.45, 2.75) is 45.2 Å². The summed E-state index contributed by atoms with van der Waals surface area (Å²) in [7, 11) is 0. The maximum atomic E-state index is 2.62. The second kappa shape index (κ2) is 5.46. The average Bonchev–Trinajstić information content (AvgIpc) is 2.23. The van der Waals surface area contributed by atoms with Crippen molar-refractivity contribution in [3.63, 3.8) is 0 Å². The second-order valence-corrected chi connectivity index (χ2v) is 5.18. The lowest BCUT2D eigenvalue weighted by Crippen LogP contribution is -2.46. The Morgan fingerprint density at radius 3 is 2.44 bits per heavy atom. The molecule has 2 heteroatoms. The van der Waals surface area contributed by atoms with Crippen LogP contribution in [0.3, 0.4) is 0 Å². The maximum Gasteiger partial charge on any atom is 0.0239 e. The number of hydrogen-bond donors (Lipinski definition) is 1. The van der Waals surface area contributed by atoms with Gasteiger partial charge in [-0.2, -0.15) is 0 Å². The highest BCUT2D eigenvalue weighted by Gasteiger charge is 2.29. The van der Waals surface area contributed by atoms with Gasteiger partial charge < -0.3 is 6.15 Å². The number of hydrogen-bond acceptors (Lipinski definition) is 2. The molecule has 0 aliphatic carbocycles. The molecule has 1 saturated heterocycles. The van der Waals surface area contributed by atoms with Crippen molar-refractivity contribution >= 4 is 0 Å². The van der Waals surface area contributed by atoms with Crippen molar-refractivity contribution < 1.29 is 0 Å². The third-order valence-corrected chi connectivity index (χ3v) is 3.54. The summed E-state index contributed by atoms with van der Waals surface area (Å²) < 4.78 is 0. The van der Waals surface area contributed by atoms with Crippen molar-refractivity contribution in [3.05, 3.63) is 35.9 Å². The lowest BCUT2D eigenvalue weighted by molar-refractivity contribution is 0.0692. The molecule has 0 radical (unpaired) electrons. The van der Waals surface area contributed by atoms with Crippen LogP contribution in [0.4, 0.5) is 0 Å². The van der Waals surface area contributed by atoms with Crippen LogP contribution >= 0.6 is 0 Å². The molecule has 90 valence electrons. The first kappa shape index (κ1) is 13.2. The van der Waals surface area contributed by atoms with E-state index in [9.17, 15) is 0 Å². The zero-order valence-electron chi connectivity index (χ0n) is 10.6. The molecule has 3 N–H and O–H groups in total. The van der Waals surface area contributed by atoms with Crippen LogP contribution in [0.25, 0.3) is 0 Å². The normalized spacial score (nSPS) is 20.1. The van der Waals surface area contributed by atoms with E-state index in [0.717, 1.165) is 6.54 Å². The third-order valence-electron chi connectivity index (χ3n) is 3.54. The van der Waals surface area contributed by atoms with Crippen LogP contribution in [0.15, 0.2) is 30.3 Å². The Morgan fingerprint density at radius 1 is 1.12 bits per heavy atom. The van der Waals surface area contributed by atoms with E-state index in [-0.39, 0.29) is 6.15 Å². The fourth-order valence-corrected chi connectivity index (χ4v) is 2.42. The Morgan fingerprint density at radius 2 is 1.81 bits per heavy atom. The van der Waals surface area contributed by atoms with Gasteiger partial charge in [-0.1, -0.05) is 36.8 Å². The highest BCUT2D eigenvalue weighted by Crippen LogP contribution is 2.28. The molecule has 0 saturated carbocycles. The summed E-state index contributed by atoms with van der Waals surface area (Å²) >= 11 is 0. The molecule has 1 aliphatic rings. The van der Waals surface area contributed by atoms with E-state index in [1.165, 1.54) is 31.4 Å². The summed E-state index contributed by atoms with van der Waals surface area (Å²) in [4.78, 5) is 2.62. The Kier molecular flexibility index (Phi) is 4.51. The molecule has 0 amide bonds. The van der Waals surface area contributed by atoms with E-state index < -0.39 is 0 Å². The lowest BCUT2D eigenvalue weighted by Gasteiger charge is -2.42. The summed E-state index contributed by atoms with van der Waals surface area (Å²) in [6.45, 7) is 7.10.